The third-order valence-electron chi connectivity index (χ3n) is 5.96. The molecule has 0 aromatic rings. The number of carboxylic acid groups (broad SMARTS) is 1. The summed E-state index contributed by atoms with van der Waals surface area (Å²) >= 11 is 0. The van der Waals surface area contributed by atoms with Crippen LogP contribution in [0.3, 0.4) is 0 Å². The molecule has 0 amide bonds. The summed E-state index contributed by atoms with van der Waals surface area (Å²) in [6.45, 7) is 3.97. The molecule has 1 atom stereocenters. The highest BCUT2D eigenvalue weighted by Crippen LogP contribution is 2.32. The zero-order valence-electron chi connectivity index (χ0n) is 18.4. The number of hydrogen-bond donors (Lipinski definition) is 1. The fraction of sp³-hybridized carbons (Fsp3) is 0.958. The van der Waals surface area contributed by atoms with Crippen LogP contribution in [0.25, 0.3) is 0 Å². The van der Waals surface area contributed by atoms with Gasteiger partial charge < -0.3 is 5.11 Å². The van der Waals surface area contributed by atoms with E-state index in [1.54, 1.807) is 0 Å². The third kappa shape index (κ3) is 16.1. The molecular weight excluding hydrogens is 339 g/mol. The SMILES string of the molecule is CCCCCCCCCCCCCC(C)(CCCCCCCCF)C(=O)O. The van der Waals surface area contributed by atoms with Gasteiger partial charge in [0.2, 0.25) is 0 Å². The molecule has 3 heteroatoms. The first-order valence-electron chi connectivity index (χ1n) is 11.9. The molecule has 0 saturated heterocycles. The highest BCUT2D eigenvalue weighted by atomic mass is 19.1. The fourth-order valence-electron chi connectivity index (χ4n) is 3.84. The summed E-state index contributed by atoms with van der Waals surface area (Å²) in [6, 6.07) is 0. The quantitative estimate of drug-likeness (QED) is 0.201. The van der Waals surface area contributed by atoms with Gasteiger partial charge in [0.25, 0.3) is 0 Å². The molecule has 27 heavy (non-hydrogen) atoms. The first kappa shape index (κ1) is 26.4. The Labute approximate surface area is 168 Å². The van der Waals surface area contributed by atoms with Gasteiger partial charge in [-0.15, -0.1) is 0 Å². The zero-order chi connectivity index (χ0) is 20.2. The van der Waals surface area contributed by atoms with Crippen molar-refractivity contribution in [2.24, 2.45) is 5.41 Å². The summed E-state index contributed by atoms with van der Waals surface area (Å²) in [6.07, 6.45) is 21.8. The van der Waals surface area contributed by atoms with Crippen molar-refractivity contribution in [2.75, 3.05) is 6.67 Å². The monoisotopic (exact) mass is 386 g/mol. The molecule has 0 bridgehead atoms. The molecule has 0 radical (unpaired) electrons. The highest BCUT2D eigenvalue weighted by molar-refractivity contribution is 5.74. The predicted octanol–water partition coefficient (Wildman–Crippen LogP) is 8.48. The Morgan fingerprint density at radius 3 is 1.33 bits per heavy atom. The van der Waals surface area contributed by atoms with E-state index in [4.69, 9.17) is 0 Å². The Morgan fingerprint density at radius 2 is 1.00 bits per heavy atom. The Hall–Kier alpha value is -0.600. The summed E-state index contributed by atoms with van der Waals surface area (Å²) in [5.41, 5.74) is -0.557. The van der Waals surface area contributed by atoms with E-state index in [1.807, 2.05) is 6.92 Å². The minimum atomic E-state index is -0.632. The lowest BCUT2D eigenvalue weighted by molar-refractivity contribution is -0.149. The highest BCUT2D eigenvalue weighted by Gasteiger charge is 2.31. The van der Waals surface area contributed by atoms with E-state index in [-0.39, 0.29) is 6.67 Å². The van der Waals surface area contributed by atoms with Crippen molar-refractivity contribution in [3.8, 4) is 0 Å². The number of carboxylic acids is 1. The molecule has 2 nitrogen and oxygen atoms in total. The zero-order valence-corrected chi connectivity index (χ0v) is 18.4. The van der Waals surface area contributed by atoms with Gasteiger partial charge in [0.1, 0.15) is 0 Å². The number of hydrogen-bond acceptors (Lipinski definition) is 1. The lowest BCUT2D eigenvalue weighted by Crippen LogP contribution is -2.27. The van der Waals surface area contributed by atoms with Gasteiger partial charge in [-0.1, -0.05) is 110 Å². The topological polar surface area (TPSA) is 37.3 Å². The van der Waals surface area contributed by atoms with Crippen LogP contribution in [-0.4, -0.2) is 17.8 Å². The summed E-state index contributed by atoms with van der Waals surface area (Å²) in [4.78, 5) is 11.7. The van der Waals surface area contributed by atoms with E-state index >= 15 is 0 Å². The first-order chi connectivity index (χ1) is 13.1. The van der Waals surface area contributed by atoms with Crippen LogP contribution in [0.2, 0.25) is 0 Å². The second kappa shape index (κ2) is 18.7. The summed E-state index contributed by atoms with van der Waals surface area (Å²) in [5, 5.41) is 9.62. The van der Waals surface area contributed by atoms with Gasteiger partial charge in [-0.05, 0) is 26.2 Å². The molecule has 0 rings (SSSR count). The molecule has 162 valence electrons. The van der Waals surface area contributed by atoms with Crippen LogP contribution in [-0.2, 0) is 4.79 Å². The van der Waals surface area contributed by atoms with Gasteiger partial charge in [-0.3, -0.25) is 9.18 Å². The summed E-state index contributed by atoms with van der Waals surface area (Å²) < 4.78 is 12.0. The molecular formula is C24H47FO2. The Morgan fingerprint density at radius 1 is 0.667 bits per heavy atom. The maximum absolute atomic E-state index is 12.0. The van der Waals surface area contributed by atoms with Crippen LogP contribution in [0.1, 0.15) is 136 Å². The molecule has 0 aromatic heterocycles. The summed E-state index contributed by atoms with van der Waals surface area (Å²) in [5.74, 6) is -0.632. The second-order valence-electron chi connectivity index (χ2n) is 8.71. The smallest absolute Gasteiger partial charge is 0.309 e. The fourth-order valence-corrected chi connectivity index (χ4v) is 3.84. The van der Waals surface area contributed by atoms with Gasteiger partial charge in [0.05, 0.1) is 12.1 Å². The van der Waals surface area contributed by atoms with Crippen LogP contribution < -0.4 is 0 Å². The average Bonchev–Trinajstić information content (AvgIpc) is 2.65. The largest absolute Gasteiger partial charge is 0.481 e. The van der Waals surface area contributed by atoms with Gasteiger partial charge in [0, 0.05) is 0 Å². The maximum atomic E-state index is 12.0. The minimum absolute atomic E-state index is 0.212. The lowest BCUT2D eigenvalue weighted by atomic mass is 9.80. The van der Waals surface area contributed by atoms with Crippen molar-refractivity contribution in [3.05, 3.63) is 0 Å². The molecule has 0 fully saturated rings. The molecule has 0 aliphatic heterocycles. The van der Waals surface area contributed by atoms with Crippen molar-refractivity contribution in [2.45, 2.75) is 136 Å². The molecule has 0 spiro atoms. The van der Waals surface area contributed by atoms with E-state index in [0.717, 1.165) is 51.4 Å². The van der Waals surface area contributed by atoms with Crippen LogP contribution in [0.15, 0.2) is 0 Å². The molecule has 0 heterocycles. The van der Waals surface area contributed by atoms with Crippen LogP contribution in [0.5, 0.6) is 0 Å². The van der Waals surface area contributed by atoms with E-state index in [0.29, 0.717) is 6.42 Å². The van der Waals surface area contributed by atoms with Gasteiger partial charge in [0.15, 0.2) is 0 Å². The molecule has 0 aliphatic rings. The molecule has 0 aliphatic carbocycles. The number of carbonyl (C=O) groups is 1. The standard InChI is InChI=1S/C24H47FO2/c1-3-4-5-6-7-8-9-10-11-14-17-20-24(2,23(26)27)21-18-15-12-13-16-19-22-25/h3-22H2,1-2H3,(H,26,27). The molecule has 1 unspecified atom stereocenters. The first-order valence-corrected chi connectivity index (χ1v) is 11.9. The number of aliphatic carboxylic acids is 1. The van der Waals surface area contributed by atoms with E-state index in [1.165, 1.54) is 64.2 Å². The van der Waals surface area contributed by atoms with E-state index in [9.17, 15) is 14.3 Å². The van der Waals surface area contributed by atoms with Crippen molar-refractivity contribution in [1.82, 2.24) is 0 Å². The third-order valence-corrected chi connectivity index (χ3v) is 5.96. The Kier molecular flexibility index (Phi) is 18.3. The number of rotatable bonds is 21. The predicted molar refractivity (Wildman–Crippen MR) is 115 cm³/mol. The number of alkyl halides is 1. The molecule has 0 saturated carbocycles. The van der Waals surface area contributed by atoms with Crippen molar-refractivity contribution in [1.29, 1.82) is 0 Å². The number of halogens is 1. The average molecular weight is 387 g/mol. The van der Waals surface area contributed by atoms with Gasteiger partial charge in [-0.2, -0.15) is 0 Å². The summed E-state index contributed by atoms with van der Waals surface area (Å²) in [7, 11) is 0. The maximum Gasteiger partial charge on any atom is 0.309 e. The van der Waals surface area contributed by atoms with Crippen LogP contribution in [0.4, 0.5) is 4.39 Å². The second-order valence-corrected chi connectivity index (χ2v) is 8.71. The lowest BCUT2D eigenvalue weighted by Gasteiger charge is -2.24. The van der Waals surface area contributed by atoms with Crippen LogP contribution >= 0.6 is 0 Å². The molecule has 1 N–H and O–H groups in total. The minimum Gasteiger partial charge on any atom is -0.481 e. The normalized spacial score (nSPS) is 13.6. The van der Waals surface area contributed by atoms with Gasteiger partial charge in [-0.25, -0.2) is 0 Å². The molecule has 0 aromatic carbocycles. The van der Waals surface area contributed by atoms with E-state index in [2.05, 4.69) is 6.92 Å². The number of unbranched alkanes of at least 4 members (excludes halogenated alkanes) is 15. The van der Waals surface area contributed by atoms with Gasteiger partial charge >= 0.3 is 5.97 Å². The van der Waals surface area contributed by atoms with Crippen LogP contribution in [0, 0.1) is 5.41 Å². The van der Waals surface area contributed by atoms with E-state index < -0.39 is 11.4 Å². The van der Waals surface area contributed by atoms with Crippen molar-refractivity contribution >= 4 is 5.97 Å². The Balaban J connectivity index is 3.65. The Bertz CT molecular complexity index is 332. The van der Waals surface area contributed by atoms with Crippen molar-refractivity contribution < 1.29 is 14.3 Å². The van der Waals surface area contributed by atoms with Crippen molar-refractivity contribution in [3.63, 3.8) is 0 Å².